The number of sulfonamides is 1. The Morgan fingerprint density at radius 2 is 1.75 bits per heavy atom. The fraction of sp³-hybridized carbons (Fsp3) is 0.357. The van der Waals surface area contributed by atoms with Gasteiger partial charge in [-0.25, -0.2) is 13.2 Å². The maximum atomic E-state index is 12.2. The summed E-state index contributed by atoms with van der Waals surface area (Å²) >= 11 is 0. The smallest absolute Gasteiger partial charge is 0.332 e. The van der Waals surface area contributed by atoms with Gasteiger partial charge in [-0.1, -0.05) is 20.8 Å². The Morgan fingerprint density at radius 3 is 2.25 bits per heavy atom. The molecule has 1 aliphatic heterocycles. The highest BCUT2D eigenvalue weighted by Crippen LogP contribution is 2.21. The van der Waals surface area contributed by atoms with Gasteiger partial charge < -0.3 is 10.4 Å². The number of hydrogen-bond acceptors (Lipinski definition) is 6. The number of nitrogens with one attached hydrogen (secondary N) is 2. The van der Waals surface area contributed by atoms with Crippen molar-refractivity contribution in [3.63, 3.8) is 0 Å². The Morgan fingerprint density at radius 1 is 1.21 bits per heavy atom. The van der Waals surface area contributed by atoms with Crippen molar-refractivity contribution in [3.05, 3.63) is 24.3 Å². The van der Waals surface area contributed by atoms with Crippen LogP contribution in [-0.2, 0) is 19.6 Å². The molecule has 0 aliphatic carbocycles. The summed E-state index contributed by atoms with van der Waals surface area (Å²) in [5.74, 6) is -1.86. The molecule has 0 bridgehead atoms. The average molecular weight is 355 g/mol. The zero-order valence-corrected chi connectivity index (χ0v) is 14.0. The number of hydrogen-bond donors (Lipinski definition) is 3. The van der Waals surface area contributed by atoms with Crippen molar-refractivity contribution in [3.8, 4) is 5.75 Å². The van der Waals surface area contributed by atoms with E-state index in [9.17, 15) is 27.9 Å². The molecule has 0 spiro atoms. The van der Waals surface area contributed by atoms with Crippen LogP contribution >= 0.6 is 0 Å². The molecule has 2 rings (SSSR count). The summed E-state index contributed by atoms with van der Waals surface area (Å²) in [6, 6.07) is 3.62. The summed E-state index contributed by atoms with van der Waals surface area (Å²) in [7, 11) is -4.14. The lowest BCUT2D eigenvalue weighted by atomic mass is 9.95. The molecule has 0 saturated carbocycles. The molecule has 0 radical (unpaired) electrons. The second-order valence-electron chi connectivity index (χ2n) is 6.23. The van der Waals surface area contributed by atoms with Gasteiger partial charge in [0.05, 0.1) is 4.90 Å². The molecule has 10 heteroatoms. The minimum Gasteiger partial charge on any atom is -0.508 e. The van der Waals surface area contributed by atoms with E-state index in [1.165, 1.54) is 32.9 Å². The highest BCUT2D eigenvalue weighted by atomic mass is 32.2. The van der Waals surface area contributed by atoms with Crippen LogP contribution in [0.25, 0.3) is 0 Å². The Balaban J connectivity index is 2.23. The van der Waals surface area contributed by atoms with Gasteiger partial charge >= 0.3 is 6.03 Å². The number of rotatable bonds is 3. The Hall–Kier alpha value is -2.46. The number of benzene rings is 1. The molecule has 1 unspecified atom stereocenters. The van der Waals surface area contributed by atoms with E-state index in [-0.39, 0.29) is 10.6 Å². The third kappa shape index (κ3) is 3.39. The fourth-order valence-electron chi connectivity index (χ4n) is 1.94. The summed E-state index contributed by atoms with van der Waals surface area (Å²) < 4.78 is 26.5. The molecule has 4 amide bonds. The Kier molecular flexibility index (Phi) is 4.38. The standard InChI is InChI=1S/C14H17N3O6S/c1-14(2,3)12(20)17-11(19)10(15-13(17)21)16-24(22,23)9-6-4-8(18)5-7-9/h4-7,10,16,18H,1-3H3,(H,15,21). The van der Waals surface area contributed by atoms with Crippen LogP contribution in [0.3, 0.4) is 0 Å². The first-order valence-corrected chi connectivity index (χ1v) is 8.42. The number of phenolic OH excluding ortho intramolecular Hbond substituents is 1. The van der Waals surface area contributed by atoms with E-state index < -0.39 is 39.4 Å². The fourth-order valence-corrected chi connectivity index (χ4v) is 3.04. The van der Waals surface area contributed by atoms with Crippen LogP contribution in [0.5, 0.6) is 5.75 Å². The topological polar surface area (TPSA) is 133 Å². The zero-order valence-electron chi connectivity index (χ0n) is 13.2. The van der Waals surface area contributed by atoms with Gasteiger partial charge in [0.2, 0.25) is 15.9 Å². The van der Waals surface area contributed by atoms with Crippen LogP contribution in [-0.4, -0.2) is 42.4 Å². The summed E-state index contributed by atoms with van der Waals surface area (Å²) in [6.07, 6.45) is -1.58. The van der Waals surface area contributed by atoms with Crippen molar-refractivity contribution in [1.82, 2.24) is 14.9 Å². The first-order chi connectivity index (χ1) is 10.9. The van der Waals surface area contributed by atoms with Crippen LogP contribution in [0.15, 0.2) is 29.2 Å². The minimum absolute atomic E-state index is 0.124. The van der Waals surface area contributed by atoms with Gasteiger partial charge in [-0.15, -0.1) is 0 Å². The van der Waals surface area contributed by atoms with Gasteiger partial charge in [0.1, 0.15) is 5.75 Å². The lowest BCUT2D eigenvalue weighted by molar-refractivity contribution is -0.144. The highest BCUT2D eigenvalue weighted by molar-refractivity contribution is 7.89. The highest BCUT2D eigenvalue weighted by Gasteiger charge is 2.46. The molecule has 1 aromatic carbocycles. The van der Waals surface area contributed by atoms with Gasteiger partial charge in [-0.05, 0) is 24.3 Å². The van der Waals surface area contributed by atoms with Gasteiger partial charge in [0.15, 0.2) is 6.17 Å². The lowest BCUT2D eigenvalue weighted by Crippen LogP contribution is -2.48. The van der Waals surface area contributed by atoms with E-state index in [4.69, 9.17) is 0 Å². The van der Waals surface area contributed by atoms with Gasteiger partial charge in [-0.3, -0.25) is 9.59 Å². The molecule has 1 saturated heterocycles. The van der Waals surface area contributed by atoms with Crippen LogP contribution in [0, 0.1) is 5.41 Å². The van der Waals surface area contributed by atoms with E-state index in [1.807, 2.05) is 4.72 Å². The molecular weight excluding hydrogens is 338 g/mol. The summed E-state index contributed by atoms with van der Waals surface area (Å²) in [4.78, 5) is 36.4. The predicted octanol–water partition coefficient (Wildman–Crippen LogP) is 0.121. The number of carbonyl (C=O) groups is 3. The van der Waals surface area contributed by atoms with Crippen LogP contribution < -0.4 is 10.0 Å². The third-order valence-corrected chi connectivity index (χ3v) is 4.64. The van der Waals surface area contributed by atoms with E-state index in [0.717, 1.165) is 12.1 Å². The maximum Gasteiger partial charge on any atom is 0.332 e. The van der Waals surface area contributed by atoms with Crippen molar-refractivity contribution >= 4 is 27.9 Å². The zero-order chi connectivity index (χ0) is 18.3. The van der Waals surface area contributed by atoms with Crippen LogP contribution in [0.2, 0.25) is 0 Å². The molecule has 24 heavy (non-hydrogen) atoms. The molecule has 1 aliphatic rings. The predicted molar refractivity (Wildman–Crippen MR) is 82.1 cm³/mol. The molecule has 0 aromatic heterocycles. The van der Waals surface area contributed by atoms with E-state index in [0.29, 0.717) is 4.90 Å². The number of urea groups is 1. The second kappa shape index (κ2) is 5.87. The Bertz CT molecular complexity index is 795. The summed E-state index contributed by atoms with van der Waals surface area (Å²) in [6.45, 7) is 4.59. The number of phenols is 1. The monoisotopic (exact) mass is 355 g/mol. The minimum atomic E-state index is -4.14. The Labute approximate surface area is 138 Å². The largest absolute Gasteiger partial charge is 0.508 e. The van der Waals surface area contributed by atoms with Crippen molar-refractivity contribution in [2.24, 2.45) is 5.41 Å². The number of nitrogens with zero attached hydrogens (tertiary/aromatic N) is 1. The molecule has 130 valence electrons. The van der Waals surface area contributed by atoms with E-state index in [1.54, 1.807) is 0 Å². The van der Waals surface area contributed by atoms with E-state index >= 15 is 0 Å². The molecule has 1 atom stereocenters. The quantitative estimate of drug-likeness (QED) is 0.660. The van der Waals surface area contributed by atoms with Crippen molar-refractivity contribution in [2.75, 3.05) is 0 Å². The molecule has 9 nitrogen and oxygen atoms in total. The number of imide groups is 3. The van der Waals surface area contributed by atoms with Gasteiger partial charge in [0.25, 0.3) is 5.91 Å². The molecule has 1 heterocycles. The number of aromatic hydroxyl groups is 1. The van der Waals surface area contributed by atoms with Gasteiger partial charge in [-0.2, -0.15) is 9.62 Å². The normalized spacial score (nSPS) is 18.6. The van der Waals surface area contributed by atoms with Crippen molar-refractivity contribution < 1.29 is 27.9 Å². The van der Waals surface area contributed by atoms with Crippen molar-refractivity contribution in [2.45, 2.75) is 31.8 Å². The third-order valence-electron chi connectivity index (χ3n) is 3.20. The molecule has 3 N–H and O–H groups in total. The summed E-state index contributed by atoms with van der Waals surface area (Å²) in [5.41, 5.74) is -0.988. The number of amides is 4. The summed E-state index contributed by atoms with van der Waals surface area (Å²) in [5, 5.41) is 11.3. The van der Waals surface area contributed by atoms with Crippen LogP contribution in [0.4, 0.5) is 4.79 Å². The van der Waals surface area contributed by atoms with Gasteiger partial charge in [0, 0.05) is 5.41 Å². The van der Waals surface area contributed by atoms with E-state index in [2.05, 4.69) is 5.32 Å². The van der Waals surface area contributed by atoms with Crippen LogP contribution in [0.1, 0.15) is 20.8 Å². The molecular formula is C14H17N3O6S. The maximum absolute atomic E-state index is 12.2. The molecule has 1 aromatic rings. The average Bonchev–Trinajstić information content (AvgIpc) is 2.71. The molecule has 1 fully saturated rings. The SMILES string of the molecule is CC(C)(C)C(=O)N1C(=O)NC(NS(=O)(=O)c2ccc(O)cc2)C1=O. The first-order valence-electron chi connectivity index (χ1n) is 6.94. The first kappa shape index (κ1) is 17.9. The second-order valence-corrected chi connectivity index (χ2v) is 7.94. The van der Waals surface area contributed by atoms with Crippen molar-refractivity contribution in [1.29, 1.82) is 0 Å². The lowest BCUT2D eigenvalue weighted by Gasteiger charge is -2.21. The number of carbonyl (C=O) groups excluding carboxylic acids is 3.